The molecule has 1 aromatic carbocycles. The highest BCUT2D eigenvalue weighted by molar-refractivity contribution is 5.98. The average Bonchev–Trinajstić information content (AvgIpc) is 3.19. The van der Waals surface area contributed by atoms with Crippen LogP contribution in [0.1, 0.15) is 42.1 Å². The lowest BCUT2D eigenvalue weighted by Gasteiger charge is -2.17. The minimum atomic E-state index is -1.14. The first-order valence-electron chi connectivity index (χ1n) is 8.74. The molecule has 1 fully saturated rings. The number of carbonyl (C=O) groups excluding carboxylic acids is 2. The van der Waals surface area contributed by atoms with Gasteiger partial charge in [-0.05, 0) is 56.5 Å². The zero-order valence-corrected chi connectivity index (χ0v) is 15.6. The van der Waals surface area contributed by atoms with Crippen LogP contribution in [-0.4, -0.2) is 35.1 Å². The number of furan rings is 1. The number of anilines is 1. The minimum absolute atomic E-state index is 0.0259. The SMILES string of the molecule is Cc1cccc(N2C[C@@H](NC(=O)c3ccc(C#CC(C)(C)O)o3)CC2=O)c1. The van der Waals surface area contributed by atoms with Gasteiger partial charge in [0.05, 0.1) is 6.04 Å². The fraction of sp³-hybridized carbons (Fsp3) is 0.333. The van der Waals surface area contributed by atoms with E-state index >= 15 is 0 Å². The van der Waals surface area contributed by atoms with Crippen LogP contribution in [0.15, 0.2) is 40.8 Å². The predicted octanol–water partition coefficient (Wildman–Crippen LogP) is 2.25. The van der Waals surface area contributed by atoms with Gasteiger partial charge in [0.2, 0.25) is 5.91 Å². The third-order valence-electron chi connectivity index (χ3n) is 4.09. The van der Waals surface area contributed by atoms with Gasteiger partial charge in [0, 0.05) is 18.7 Å². The zero-order chi connectivity index (χ0) is 19.6. The molecule has 2 heterocycles. The molecule has 6 nitrogen and oxygen atoms in total. The smallest absolute Gasteiger partial charge is 0.287 e. The Morgan fingerprint density at radius 2 is 2.11 bits per heavy atom. The molecule has 140 valence electrons. The number of rotatable bonds is 3. The first-order chi connectivity index (χ1) is 12.7. The monoisotopic (exact) mass is 366 g/mol. The van der Waals surface area contributed by atoms with E-state index in [0.717, 1.165) is 11.3 Å². The van der Waals surface area contributed by atoms with E-state index in [-0.39, 0.29) is 24.1 Å². The Labute approximate surface area is 158 Å². The average molecular weight is 366 g/mol. The van der Waals surface area contributed by atoms with Crippen LogP contribution in [0.25, 0.3) is 0 Å². The number of nitrogens with one attached hydrogen (secondary N) is 1. The van der Waals surface area contributed by atoms with Crippen molar-refractivity contribution in [3.8, 4) is 11.8 Å². The molecule has 2 aromatic rings. The van der Waals surface area contributed by atoms with Gasteiger partial charge in [-0.2, -0.15) is 0 Å². The maximum absolute atomic E-state index is 12.4. The van der Waals surface area contributed by atoms with Crippen molar-refractivity contribution in [3.63, 3.8) is 0 Å². The first kappa shape index (κ1) is 18.7. The molecule has 1 aromatic heterocycles. The molecule has 0 spiro atoms. The fourth-order valence-electron chi connectivity index (χ4n) is 2.85. The van der Waals surface area contributed by atoms with E-state index < -0.39 is 11.5 Å². The second-order valence-corrected chi connectivity index (χ2v) is 7.19. The van der Waals surface area contributed by atoms with E-state index in [4.69, 9.17) is 4.42 Å². The van der Waals surface area contributed by atoms with Gasteiger partial charge in [-0.15, -0.1) is 0 Å². The summed E-state index contributed by atoms with van der Waals surface area (Å²) in [6.07, 6.45) is 0.242. The Kier molecular flexibility index (Phi) is 5.06. The van der Waals surface area contributed by atoms with Crippen molar-refractivity contribution >= 4 is 17.5 Å². The highest BCUT2D eigenvalue weighted by Crippen LogP contribution is 2.22. The summed E-state index contributed by atoms with van der Waals surface area (Å²) < 4.78 is 5.41. The van der Waals surface area contributed by atoms with Crippen molar-refractivity contribution in [2.75, 3.05) is 11.4 Å². The van der Waals surface area contributed by atoms with E-state index in [9.17, 15) is 14.7 Å². The second kappa shape index (κ2) is 7.29. The van der Waals surface area contributed by atoms with Gasteiger partial charge in [-0.25, -0.2) is 0 Å². The van der Waals surface area contributed by atoms with Crippen LogP contribution in [0.5, 0.6) is 0 Å². The molecule has 0 bridgehead atoms. The van der Waals surface area contributed by atoms with Gasteiger partial charge in [-0.3, -0.25) is 9.59 Å². The lowest BCUT2D eigenvalue weighted by atomic mass is 10.1. The zero-order valence-electron chi connectivity index (χ0n) is 15.6. The van der Waals surface area contributed by atoms with Crippen molar-refractivity contribution in [2.45, 2.75) is 38.8 Å². The van der Waals surface area contributed by atoms with Gasteiger partial charge in [0.15, 0.2) is 11.5 Å². The fourth-order valence-corrected chi connectivity index (χ4v) is 2.85. The largest absolute Gasteiger partial charge is 0.443 e. The van der Waals surface area contributed by atoms with Crippen LogP contribution < -0.4 is 10.2 Å². The van der Waals surface area contributed by atoms with Crippen molar-refractivity contribution in [2.24, 2.45) is 0 Å². The van der Waals surface area contributed by atoms with Crippen molar-refractivity contribution in [1.82, 2.24) is 5.32 Å². The number of amides is 2. The number of hydrogen-bond acceptors (Lipinski definition) is 4. The van der Waals surface area contributed by atoms with Crippen LogP contribution in [0.2, 0.25) is 0 Å². The van der Waals surface area contributed by atoms with Crippen LogP contribution in [0.3, 0.4) is 0 Å². The summed E-state index contributed by atoms with van der Waals surface area (Å²) in [4.78, 5) is 26.4. The lowest BCUT2D eigenvalue weighted by molar-refractivity contribution is -0.117. The Hall–Kier alpha value is -3.04. The van der Waals surface area contributed by atoms with Crippen LogP contribution in [0.4, 0.5) is 5.69 Å². The van der Waals surface area contributed by atoms with Gasteiger partial charge >= 0.3 is 0 Å². The molecule has 27 heavy (non-hydrogen) atoms. The normalized spacial score (nSPS) is 16.8. The molecule has 1 aliphatic heterocycles. The van der Waals surface area contributed by atoms with E-state index in [1.54, 1.807) is 24.8 Å². The van der Waals surface area contributed by atoms with E-state index in [0.29, 0.717) is 12.3 Å². The maximum Gasteiger partial charge on any atom is 0.287 e. The number of carbonyl (C=O) groups is 2. The number of hydrogen-bond donors (Lipinski definition) is 2. The lowest BCUT2D eigenvalue weighted by Crippen LogP contribution is -2.37. The highest BCUT2D eigenvalue weighted by Gasteiger charge is 2.32. The Morgan fingerprint density at radius 3 is 2.81 bits per heavy atom. The summed E-state index contributed by atoms with van der Waals surface area (Å²) in [5.74, 6) is 5.31. The molecule has 1 saturated heterocycles. The number of aryl methyl sites for hydroxylation is 1. The van der Waals surface area contributed by atoms with Crippen LogP contribution in [-0.2, 0) is 4.79 Å². The molecule has 1 aliphatic rings. The molecule has 1 atom stereocenters. The standard InChI is InChI=1S/C21H22N2O4/c1-14-5-4-6-16(11-14)23-13-15(12-19(23)24)22-20(25)18-8-7-17(27-18)9-10-21(2,3)26/h4-8,11,15,26H,12-13H2,1-3H3,(H,22,25)/t15-/m0/s1. The third kappa shape index (κ3) is 4.78. The van der Waals surface area contributed by atoms with E-state index in [2.05, 4.69) is 17.2 Å². The number of aliphatic hydroxyl groups is 1. The van der Waals surface area contributed by atoms with E-state index in [1.165, 1.54) is 6.07 Å². The molecular formula is C21H22N2O4. The molecular weight excluding hydrogens is 344 g/mol. The van der Waals surface area contributed by atoms with Gasteiger partial charge in [0.25, 0.3) is 5.91 Å². The quantitative estimate of drug-likeness (QED) is 0.816. The molecule has 0 unspecified atom stereocenters. The molecule has 0 aliphatic carbocycles. The Balaban J connectivity index is 1.64. The highest BCUT2D eigenvalue weighted by atomic mass is 16.3. The Morgan fingerprint density at radius 1 is 1.33 bits per heavy atom. The molecule has 2 N–H and O–H groups in total. The first-order valence-corrected chi connectivity index (χ1v) is 8.74. The van der Waals surface area contributed by atoms with Gasteiger partial charge < -0.3 is 19.7 Å². The van der Waals surface area contributed by atoms with Crippen LogP contribution in [0, 0.1) is 18.8 Å². The number of nitrogens with zero attached hydrogens (tertiary/aromatic N) is 1. The summed E-state index contributed by atoms with van der Waals surface area (Å²) in [5, 5.41) is 12.4. The van der Waals surface area contributed by atoms with Crippen molar-refractivity contribution in [1.29, 1.82) is 0 Å². The predicted molar refractivity (Wildman–Crippen MR) is 101 cm³/mol. The minimum Gasteiger partial charge on any atom is -0.443 e. The van der Waals surface area contributed by atoms with Gasteiger partial charge in [0.1, 0.15) is 5.60 Å². The van der Waals surface area contributed by atoms with Crippen molar-refractivity contribution in [3.05, 3.63) is 53.5 Å². The molecule has 2 amide bonds. The molecule has 3 rings (SSSR count). The molecule has 0 radical (unpaired) electrons. The summed E-state index contributed by atoms with van der Waals surface area (Å²) >= 11 is 0. The third-order valence-corrected chi connectivity index (χ3v) is 4.09. The topological polar surface area (TPSA) is 82.8 Å². The maximum atomic E-state index is 12.4. The van der Waals surface area contributed by atoms with Crippen molar-refractivity contribution < 1.29 is 19.1 Å². The summed E-state index contributed by atoms with van der Waals surface area (Å²) in [6, 6.07) is 10.5. The summed E-state index contributed by atoms with van der Waals surface area (Å²) in [6.45, 7) is 5.51. The van der Waals surface area contributed by atoms with E-state index in [1.807, 2.05) is 31.2 Å². The van der Waals surface area contributed by atoms with Crippen LogP contribution >= 0.6 is 0 Å². The summed E-state index contributed by atoms with van der Waals surface area (Å²) in [7, 11) is 0. The molecule has 6 heteroatoms. The Bertz CT molecular complexity index is 927. The number of benzene rings is 1. The van der Waals surface area contributed by atoms with Gasteiger partial charge in [-0.1, -0.05) is 18.1 Å². The molecule has 0 saturated carbocycles. The summed E-state index contributed by atoms with van der Waals surface area (Å²) in [5.41, 5.74) is 0.764. The second-order valence-electron chi connectivity index (χ2n) is 7.19.